The van der Waals surface area contributed by atoms with Crippen LogP contribution in [-0.2, 0) is 9.53 Å². The van der Waals surface area contributed by atoms with Crippen LogP contribution in [0.5, 0.6) is 5.75 Å². The summed E-state index contributed by atoms with van der Waals surface area (Å²) < 4.78 is 4.88. The van der Waals surface area contributed by atoms with E-state index in [9.17, 15) is 14.7 Å². The zero-order chi connectivity index (χ0) is 16.3. The fourth-order valence-electron chi connectivity index (χ4n) is 2.23. The van der Waals surface area contributed by atoms with Gasteiger partial charge in [-0.25, -0.2) is 4.79 Å². The molecule has 6 heteroatoms. The van der Waals surface area contributed by atoms with E-state index >= 15 is 0 Å². The molecular weight excluding hydrogens is 284 g/mol. The van der Waals surface area contributed by atoms with Gasteiger partial charge in [0.05, 0.1) is 6.07 Å². The summed E-state index contributed by atoms with van der Waals surface area (Å²) in [5.74, 6) is -1.35. The number of phenolic OH excluding ortho intramolecular Hbond substituents is 1. The molecule has 1 atom stereocenters. The van der Waals surface area contributed by atoms with E-state index < -0.39 is 24.0 Å². The van der Waals surface area contributed by atoms with Gasteiger partial charge in [-0.3, -0.25) is 4.79 Å². The molecule has 1 aliphatic rings. The molecule has 0 radical (unpaired) electrons. The molecule has 2 rings (SSSR count). The lowest BCUT2D eigenvalue weighted by atomic mass is 9.98. The minimum Gasteiger partial charge on any atom is -0.507 e. The highest BCUT2D eigenvalue weighted by Crippen LogP contribution is 2.39. The molecule has 2 N–H and O–H groups in total. The molecule has 1 saturated carbocycles. The van der Waals surface area contributed by atoms with Crippen LogP contribution in [0.15, 0.2) is 18.2 Å². The number of carbonyl (C=O) groups is 2. The Morgan fingerprint density at radius 3 is 2.73 bits per heavy atom. The number of phenols is 1. The van der Waals surface area contributed by atoms with Crippen molar-refractivity contribution in [2.75, 3.05) is 6.61 Å². The maximum absolute atomic E-state index is 11.8. The molecule has 0 spiro atoms. The van der Waals surface area contributed by atoms with Gasteiger partial charge in [-0.15, -0.1) is 0 Å². The van der Waals surface area contributed by atoms with E-state index in [-0.39, 0.29) is 17.2 Å². The predicted octanol–water partition coefficient (Wildman–Crippen LogP) is 1.67. The van der Waals surface area contributed by atoms with Crippen molar-refractivity contribution in [3.63, 3.8) is 0 Å². The molecule has 22 heavy (non-hydrogen) atoms. The number of ether oxygens (including phenoxy) is 1. The SMILES string of the molecule is Cc1ccc(C(=O)OCC(=O)N[C@@](C)(C#N)C2CC2)c(O)c1. The zero-order valence-corrected chi connectivity index (χ0v) is 12.5. The monoisotopic (exact) mass is 302 g/mol. The third-order valence-electron chi connectivity index (χ3n) is 3.73. The number of hydrogen-bond acceptors (Lipinski definition) is 5. The average molecular weight is 302 g/mol. The second-order valence-corrected chi connectivity index (χ2v) is 5.73. The standard InChI is InChI=1S/C16H18N2O4/c1-10-3-6-12(13(19)7-10)15(21)22-8-14(20)18-16(2,9-17)11-4-5-11/h3,6-7,11,19H,4-5,8H2,1-2H3,(H,18,20)/t16-/m0/s1. The Kier molecular flexibility index (Phi) is 4.36. The smallest absolute Gasteiger partial charge is 0.342 e. The molecular formula is C16H18N2O4. The molecule has 0 aliphatic heterocycles. The minimum atomic E-state index is -0.921. The number of aromatic hydroxyl groups is 1. The fourth-order valence-corrected chi connectivity index (χ4v) is 2.23. The van der Waals surface area contributed by atoms with Crippen molar-refractivity contribution in [3.05, 3.63) is 29.3 Å². The first-order valence-corrected chi connectivity index (χ1v) is 7.05. The van der Waals surface area contributed by atoms with Crippen LogP contribution in [0.4, 0.5) is 0 Å². The Labute approximate surface area is 128 Å². The van der Waals surface area contributed by atoms with Crippen molar-refractivity contribution in [1.29, 1.82) is 5.26 Å². The van der Waals surface area contributed by atoms with Gasteiger partial charge in [0.2, 0.25) is 0 Å². The van der Waals surface area contributed by atoms with Crippen LogP contribution in [-0.4, -0.2) is 29.1 Å². The highest BCUT2D eigenvalue weighted by Gasteiger charge is 2.43. The lowest BCUT2D eigenvalue weighted by Gasteiger charge is -2.22. The van der Waals surface area contributed by atoms with E-state index in [0.29, 0.717) is 0 Å². The number of amides is 1. The van der Waals surface area contributed by atoms with E-state index in [4.69, 9.17) is 10.00 Å². The van der Waals surface area contributed by atoms with Crippen LogP contribution >= 0.6 is 0 Å². The summed E-state index contributed by atoms with van der Waals surface area (Å²) in [5, 5.41) is 21.4. The van der Waals surface area contributed by atoms with Crippen LogP contribution in [0.1, 0.15) is 35.7 Å². The minimum absolute atomic E-state index is 0.00337. The quantitative estimate of drug-likeness (QED) is 0.806. The first kappa shape index (κ1) is 15.8. The predicted molar refractivity (Wildman–Crippen MR) is 78.0 cm³/mol. The van der Waals surface area contributed by atoms with Gasteiger partial charge in [0.25, 0.3) is 5.91 Å². The van der Waals surface area contributed by atoms with Gasteiger partial charge in [-0.2, -0.15) is 5.26 Å². The summed E-state index contributed by atoms with van der Waals surface area (Å²) in [4.78, 5) is 23.7. The number of nitrogens with one attached hydrogen (secondary N) is 1. The normalized spacial score (nSPS) is 16.2. The van der Waals surface area contributed by atoms with Crippen LogP contribution in [0.25, 0.3) is 0 Å². The summed E-state index contributed by atoms with van der Waals surface area (Å²) in [6, 6.07) is 6.64. The molecule has 1 aliphatic carbocycles. The molecule has 0 bridgehead atoms. The Morgan fingerprint density at radius 1 is 1.50 bits per heavy atom. The first-order valence-electron chi connectivity index (χ1n) is 7.05. The molecule has 1 fully saturated rings. The van der Waals surface area contributed by atoms with Crippen molar-refractivity contribution in [3.8, 4) is 11.8 Å². The third-order valence-corrected chi connectivity index (χ3v) is 3.73. The highest BCUT2D eigenvalue weighted by molar-refractivity contribution is 5.94. The molecule has 0 saturated heterocycles. The molecule has 1 amide bonds. The van der Waals surface area contributed by atoms with Crippen molar-refractivity contribution in [2.24, 2.45) is 5.92 Å². The van der Waals surface area contributed by atoms with E-state index in [0.717, 1.165) is 18.4 Å². The van der Waals surface area contributed by atoms with E-state index in [1.807, 2.05) is 0 Å². The molecule has 0 aromatic heterocycles. The third kappa shape index (κ3) is 3.55. The van der Waals surface area contributed by atoms with Crippen molar-refractivity contribution in [1.82, 2.24) is 5.32 Å². The average Bonchev–Trinajstić information content (AvgIpc) is 3.29. The number of benzene rings is 1. The molecule has 0 heterocycles. The van der Waals surface area contributed by atoms with Gasteiger partial charge < -0.3 is 15.2 Å². The van der Waals surface area contributed by atoms with Crippen LogP contribution in [0.3, 0.4) is 0 Å². The molecule has 0 unspecified atom stereocenters. The summed E-state index contributed by atoms with van der Waals surface area (Å²) in [6.07, 6.45) is 1.81. The van der Waals surface area contributed by atoms with E-state index in [1.54, 1.807) is 19.9 Å². The largest absolute Gasteiger partial charge is 0.507 e. The topological polar surface area (TPSA) is 99.4 Å². The van der Waals surface area contributed by atoms with Gasteiger partial charge in [-0.05, 0) is 50.3 Å². The lowest BCUT2D eigenvalue weighted by Crippen LogP contribution is -2.48. The maximum atomic E-state index is 11.8. The fraction of sp³-hybridized carbons (Fsp3) is 0.438. The summed E-state index contributed by atoms with van der Waals surface area (Å²) in [6.45, 7) is 2.95. The van der Waals surface area contributed by atoms with Gasteiger partial charge in [0.1, 0.15) is 16.9 Å². The number of hydrogen-bond donors (Lipinski definition) is 2. The zero-order valence-electron chi connectivity index (χ0n) is 12.5. The summed E-state index contributed by atoms with van der Waals surface area (Å²) in [7, 11) is 0. The Morgan fingerprint density at radius 2 is 2.18 bits per heavy atom. The van der Waals surface area contributed by atoms with Crippen LogP contribution in [0, 0.1) is 24.2 Å². The van der Waals surface area contributed by atoms with Crippen LogP contribution in [0.2, 0.25) is 0 Å². The molecule has 1 aromatic carbocycles. The Hall–Kier alpha value is -2.55. The van der Waals surface area contributed by atoms with Crippen molar-refractivity contribution >= 4 is 11.9 Å². The van der Waals surface area contributed by atoms with Gasteiger partial charge >= 0.3 is 5.97 Å². The van der Waals surface area contributed by atoms with E-state index in [1.165, 1.54) is 12.1 Å². The van der Waals surface area contributed by atoms with Gasteiger partial charge in [-0.1, -0.05) is 6.07 Å². The number of aryl methyl sites for hydroxylation is 1. The molecule has 1 aromatic rings. The van der Waals surface area contributed by atoms with Gasteiger partial charge in [0, 0.05) is 0 Å². The summed E-state index contributed by atoms with van der Waals surface area (Å²) >= 11 is 0. The number of nitrogens with zero attached hydrogens (tertiary/aromatic N) is 1. The summed E-state index contributed by atoms with van der Waals surface area (Å²) in [5.41, 5.74) is -0.111. The molecule has 116 valence electrons. The van der Waals surface area contributed by atoms with E-state index in [2.05, 4.69) is 11.4 Å². The van der Waals surface area contributed by atoms with Crippen molar-refractivity contribution in [2.45, 2.75) is 32.2 Å². The second kappa shape index (κ2) is 6.06. The Bertz CT molecular complexity index is 646. The number of rotatable bonds is 5. The maximum Gasteiger partial charge on any atom is 0.342 e. The second-order valence-electron chi connectivity index (χ2n) is 5.73. The number of carbonyl (C=O) groups excluding carboxylic acids is 2. The first-order chi connectivity index (χ1) is 10.4. The van der Waals surface area contributed by atoms with Gasteiger partial charge in [0.15, 0.2) is 6.61 Å². The van der Waals surface area contributed by atoms with Crippen molar-refractivity contribution < 1.29 is 19.4 Å². The number of nitriles is 1. The highest BCUT2D eigenvalue weighted by atomic mass is 16.5. The molecule has 6 nitrogen and oxygen atoms in total. The van der Waals surface area contributed by atoms with Crippen LogP contribution < -0.4 is 5.32 Å². The Balaban J connectivity index is 1.91. The lowest BCUT2D eigenvalue weighted by molar-refractivity contribution is -0.125. The number of esters is 1.